The molecule has 0 fully saturated rings. The first-order valence-corrected chi connectivity index (χ1v) is 12.1. The van der Waals surface area contributed by atoms with Gasteiger partial charge in [-0.25, -0.2) is 0 Å². The Hall–Kier alpha value is -0.581. The molecule has 30 heavy (non-hydrogen) atoms. The standard InChI is InChI=1S/C24H48N2O3.Cu/c1-5-7-9-11-13-15-17-26(18-16-14-12-10-8-6-2)20-23(27)25-22(24(28)29)19-21(3)4;/h21-22H,5-20H2,1-4H3,(H2,25,27,28,29);/q;+1/p-1/t22-;/m0./s1. The number of carbonyl (C=O) groups is 2. The third kappa shape index (κ3) is 19.4. The average molecular weight is 475 g/mol. The van der Waals surface area contributed by atoms with E-state index in [-0.39, 0.29) is 35.4 Å². The van der Waals surface area contributed by atoms with Crippen LogP contribution in [0.5, 0.6) is 0 Å². The fourth-order valence-electron chi connectivity index (χ4n) is 3.56. The van der Waals surface area contributed by atoms with Crippen molar-refractivity contribution in [1.29, 1.82) is 0 Å². The van der Waals surface area contributed by atoms with Crippen molar-refractivity contribution in [3.05, 3.63) is 5.32 Å². The second-order valence-corrected chi connectivity index (χ2v) is 8.82. The molecule has 0 saturated carbocycles. The Morgan fingerprint density at radius 2 is 1.23 bits per heavy atom. The monoisotopic (exact) mass is 474 g/mol. The SMILES string of the molecule is CCCCCCCCN(CCCCCCCC)CC(=O)[N-][C@@H](CC(C)C)C(=O)O.[Cu+]. The molecule has 0 aromatic rings. The summed E-state index contributed by atoms with van der Waals surface area (Å²) in [5.74, 6) is -1.07. The van der Waals surface area contributed by atoms with Gasteiger partial charge in [-0.3, -0.25) is 9.69 Å². The van der Waals surface area contributed by atoms with Crippen LogP contribution in [-0.2, 0) is 26.7 Å². The van der Waals surface area contributed by atoms with E-state index < -0.39 is 12.0 Å². The van der Waals surface area contributed by atoms with Crippen molar-refractivity contribution in [3.8, 4) is 0 Å². The molecule has 0 spiro atoms. The van der Waals surface area contributed by atoms with Crippen molar-refractivity contribution < 1.29 is 31.8 Å². The normalized spacial score (nSPS) is 12.1. The molecule has 0 saturated heterocycles. The molecule has 0 bridgehead atoms. The molecule has 0 aliphatic heterocycles. The zero-order chi connectivity index (χ0) is 21.9. The Morgan fingerprint density at radius 1 is 0.800 bits per heavy atom. The maximum absolute atomic E-state index is 12.4. The largest absolute Gasteiger partial charge is 1.00 e. The van der Waals surface area contributed by atoms with Gasteiger partial charge in [0.15, 0.2) is 0 Å². The number of rotatable bonds is 20. The number of hydrogen-bond acceptors (Lipinski definition) is 3. The molecule has 1 atom stereocenters. The quantitative estimate of drug-likeness (QED) is 0.163. The Balaban J connectivity index is 0. The first-order valence-electron chi connectivity index (χ1n) is 12.1. The number of hydrogen-bond donors (Lipinski definition) is 1. The van der Waals surface area contributed by atoms with E-state index in [2.05, 4.69) is 24.1 Å². The van der Waals surface area contributed by atoms with Crippen molar-refractivity contribution in [3.63, 3.8) is 0 Å². The van der Waals surface area contributed by atoms with Gasteiger partial charge in [0.25, 0.3) is 5.97 Å². The fraction of sp³-hybridized carbons (Fsp3) is 0.917. The van der Waals surface area contributed by atoms with Crippen LogP contribution in [-0.4, -0.2) is 47.6 Å². The van der Waals surface area contributed by atoms with Crippen LogP contribution in [0.15, 0.2) is 0 Å². The van der Waals surface area contributed by atoms with E-state index in [0.29, 0.717) is 6.42 Å². The smallest absolute Gasteiger partial charge is 0.641 e. The second-order valence-electron chi connectivity index (χ2n) is 8.82. The van der Waals surface area contributed by atoms with Gasteiger partial charge in [-0.05, 0) is 37.9 Å². The van der Waals surface area contributed by atoms with Crippen LogP contribution >= 0.6 is 0 Å². The van der Waals surface area contributed by atoms with Gasteiger partial charge in [-0.15, -0.1) is 0 Å². The summed E-state index contributed by atoms with van der Waals surface area (Å²) in [7, 11) is 0. The van der Waals surface area contributed by atoms with Crippen molar-refractivity contribution in [1.82, 2.24) is 4.90 Å². The Bertz CT molecular complexity index is 403. The molecule has 0 aliphatic rings. The van der Waals surface area contributed by atoms with Crippen LogP contribution < -0.4 is 0 Å². The number of nitrogens with zero attached hydrogens (tertiary/aromatic N) is 2. The summed E-state index contributed by atoms with van der Waals surface area (Å²) in [5, 5.41) is 13.3. The first kappa shape index (κ1) is 31.6. The molecule has 1 amide bonds. The van der Waals surface area contributed by atoms with Gasteiger partial charge < -0.3 is 15.2 Å². The number of aliphatic carboxylic acids is 1. The molecule has 5 nitrogen and oxygen atoms in total. The van der Waals surface area contributed by atoms with E-state index in [0.717, 1.165) is 25.9 Å². The van der Waals surface area contributed by atoms with E-state index in [1.807, 2.05) is 13.8 Å². The maximum Gasteiger partial charge on any atom is 1.00 e. The number of carboxylic acid groups (broad SMARTS) is 1. The van der Waals surface area contributed by atoms with Crippen LogP contribution in [0.4, 0.5) is 0 Å². The molecular weight excluding hydrogens is 428 g/mol. The van der Waals surface area contributed by atoms with Gasteiger partial charge in [0.1, 0.15) is 0 Å². The minimum atomic E-state index is -0.995. The molecule has 1 N–H and O–H groups in total. The minimum Gasteiger partial charge on any atom is -0.641 e. The molecule has 0 unspecified atom stereocenters. The summed E-state index contributed by atoms with van der Waals surface area (Å²) in [6.45, 7) is 10.4. The van der Waals surface area contributed by atoms with E-state index >= 15 is 0 Å². The molecule has 0 rings (SSSR count). The number of carbonyl (C=O) groups excluding carboxylic acids is 1. The van der Waals surface area contributed by atoms with Crippen LogP contribution in [0.3, 0.4) is 0 Å². The van der Waals surface area contributed by atoms with Gasteiger partial charge in [-0.1, -0.05) is 98.3 Å². The van der Waals surface area contributed by atoms with E-state index in [1.54, 1.807) is 0 Å². The molecule has 6 heteroatoms. The number of amides is 1. The third-order valence-corrected chi connectivity index (χ3v) is 5.29. The summed E-state index contributed by atoms with van der Waals surface area (Å²) in [4.78, 5) is 26.0. The second kappa shape index (κ2) is 21.6. The first-order chi connectivity index (χ1) is 13.9. The zero-order valence-corrected chi connectivity index (χ0v) is 20.9. The summed E-state index contributed by atoms with van der Waals surface area (Å²) in [5.41, 5.74) is 0. The van der Waals surface area contributed by atoms with E-state index in [4.69, 9.17) is 0 Å². The predicted molar refractivity (Wildman–Crippen MR) is 122 cm³/mol. The van der Waals surface area contributed by atoms with Crippen LogP contribution in [0, 0.1) is 5.92 Å². The van der Waals surface area contributed by atoms with Crippen molar-refractivity contribution in [2.75, 3.05) is 19.6 Å². The molecule has 0 radical (unpaired) electrons. The minimum absolute atomic E-state index is 0. The molecule has 0 aromatic carbocycles. The van der Waals surface area contributed by atoms with Crippen LogP contribution in [0.25, 0.3) is 5.32 Å². The summed E-state index contributed by atoms with van der Waals surface area (Å²) in [6.07, 6.45) is 15.2. The average Bonchev–Trinajstić information content (AvgIpc) is 2.66. The van der Waals surface area contributed by atoms with Crippen LogP contribution in [0.2, 0.25) is 0 Å². The summed E-state index contributed by atoms with van der Waals surface area (Å²) in [6, 6.07) is -0.910. The molecule has 0 aromatic heterocycles. The molecule has 182 valence electrons. The zero-order valence-electron chi connectivity index (χ0n) is 19.9. The Labute approximate surface area is 196 Å². The van der Waals surface area contributed by atoms with Gasteiger partial charge in [-0.2, -0.15) is 0 Å². The third-order valence-electron chi connectivity index (χ3n) is 5.29. The van der Waals surface area contributed by atoms with Gasteiger partial charge >= 0.3 is 17.1 Å². The fourth-order valence-corrected chi connectivity index (χ4v) is 3.56. The van der Waals surface area contributed by atoms with Crippen molar-refractivity contribution in [2.45, 2.75) is 117 Å². The van der Waals surface area contributed by atoms with E-state index in [9.17, 15) is 14.7 Å². The molecular formula is C24H47CuN2O3. The Morgan fingerprint density at radius 3 is 1.63 bits per heavy atom. The predicted octanol–water partition coefficient (Wildman–Crippen LogP) is 6.41. The van der Waals surface area contributed by atoms with E-state index in [1.165, 1.54) is 64.2 Å². The maximum atomic E-state index is 12.4. The Kier molecular flexibility index (Phi) is 22.8. The number of carboxylic acids is 1. The summed E-state index contributed by atoms with van der Waals surface area (Å²) >= 11 is 0. The van der Waals surface area contributed by atoms with Crippen molar-refractivity contribution in [2.24, 2.45) is 5.92 Å². The van der Waals surface area contributed by atoms with Gasteiger partial charge in [0.05, 0.1) is 5.91 Å². The topological polar surface area (TPSA) is 71.7 Å². The van der Waals surface area contributed by atoms with Crippen LogP contribution in [0.1, 0.15) is 111 Å². The van der Waals surface area contributed by atoms with Gasteiger partial charge in [0.2, 0.25) is 0 Å². The summed E-state index contributed by atoms with van der Waals surface area (Å²) < 4.78 is 0. The molecule has 0 heterocycles. The number of unbranched alkanes of at least 4 members (excludes halogenated alkanes) is 10. The van der Waals surface area contributed by atoms with Crippen molar-refractivity contribution >= 4 is 11.9 Å². The van der Waals surface area contributed by atoms with Gasteiger partial charge in [0, 0.05) is 6.54 Å². The molecule has 0 aliphatic carbocycles.